The Morgan fingerprint density at radius 2 is 1.87 bits per heavy atom. The molecule has 1 amide bonds. The van der Waals surface area contributed by atoms with E-state index in [0.717, 1.165) is 24.3 Å². The van der Waals surface area contributed by atoms with E-state index in [1.54, 1.807) is 22.8 Å². The van der Waals surface area contributed by atoms with Gasteiger partial charge >= 0.3 is 0 Å². The molecule has 0 atom stereocenters. The summed E-state index contributed by atoms with van der Waals surface area (Å²) >= 11 is 0. The molecular formula is C17H21N5O. The number of aromatic nitrogens is 4. The Morgan fingerprint density at radius 1 is 1.17 bits per heavy atom. The van der Waals surface area contributed by atoms with Crippen LogP contribution in [0.4, 0.5) is 0 Å². The van der Waals surface area contributed by atoms with Crippen molar-refractivity contribution in [1.29, 1.82) is 0 Å². The zero-order chi connectivity index (χ0) is 15.4. The highest BCUT2D eigenvalue weighted by molar-refractivity contribution is 5.94. The van der Waals surface area contributed by atoms with Crippen molar-refractivity contribution < 1.29 is 4.79 Å². The Labute approximate surface area is 134 Å². The first kappa shape index (κ1) is 13.5. The smallest absolute Gasteiger partial charge is 0.252 e. The molecular weight excluding hydrogens is 290 g/mol. The minimum atomic E-state index is -0.0156. The predicted molar refractivity (Wildman–Crippen MR) is 83.7 cm³/mol. The molecule has 0 radical (unpaired) electrons. The molecule has 120 valence electrons. The lowest BCUT2D eigenvalue weighted by Gasteiger charge is -2.56. The van der Waals surface area contributed by atoms with E-state index in [-0.39, 0.29) is 5.91 Å². The van der Waals surface area contributed by atoms with Crippen LogP contribution in [-0.2, 0) is 0 Å². The summed E-state index contributed by atoms with van der Waals surface area (Å²) in [5.74, 6) is 2.72. The number of rotatable bonds is 3. The first-order chi connectivity index (χ1) is 11.2. The number of tetrazole rings is 1. The zero-order valence-electron chi connectivity index (χ0n) is 13.1. The van der Waals surface area contributed by atoms with Crippen molar-refractivity contribution in [3.63, 3.8) is 0 Å². The number of fused-ring (bicyclic) bond motifs is 1. The lowest BCUT2D eigenvalue weighted by atomic mass is 9.49. The topological polar surface area (TPSA) is 72.2 Å². The maximum atomic E-state index is 12.5. The van der Waals surface area contributed by atoms with Crippen LogP contribution in [0, 0.1) is 23.2 Å². The normalized spacial score (nSPS) is 34.9. The quantitative estimate of drug-likeness (QED) is 0.942. The maximum absolute atomic E-state index is 12.5. The molecule has 2 heterocycles. The van der Waals surface area contributed by atoms with Gasteiger partial charge in [0.05, 0.1) is 5.56 Å². The van der Waals surface area contributed by atoms with Gasteiger partial charge in [0, 0.05) is 12.7 Å². The summed E-state index contributed by atoms with van der Waals surface area (Å²) in [6, 6.07) is 3.57. The van der Waals surface area contributed by atoms with E-state index in [1.807, 2.05) is 0 Å². The SMILES string of the molecule is O=C(NCC12CC3CC(CC(C3)C1)C2)c1ccc2nnnn2c1. The summed E-state index contributed by atoms with van der Waals surface area (Å²) in [5, 5.41) is 14.5. The molecule has 6 rings (SSSR count). The van der Waals surface area contributed by atoms with Gasteiger partial charge in [-0.1, -0.05) is 0 Å². The van der Waals surface area contributed by atoms with Crippen LogP contribution >= 0.6 is 0 Å². The second kappa shape index (κ2) is 4.76. The Morgan fingerprint density at radius 3 is 2.57 bits per heavy atom. The van der Waals surface area contributed by atoms with Crippen LogP contribution in [0.1, 0.15) is 48.9 Å². The van der Waals surface area contributed by atoms with E-state index in [4.69, 9.17) is 0 Å². The second-order valence-corrected chi connectivity index (χ2v) is 8.00. The van der Waals surface area contributed by atoms with E-state index >= 15 is 0 Å². The van der Waals surface area contributed by atoms with Gasteiger partial charge in [-0.15, -0.1) is 5.10 Å². The van der Waals surface area contributed by atoms with Gasteiger partial charge < -0.3 is 5.32 Å². The molecule has 4 saturated carbocycles. The predicted octanol–water partition coefficient (Wildman–Crippen LogP) is 2.07. The van der Waals surface area contributed by atoms with E-state index in [1.165, 1.54) is 38.5 Å². The Balaban J connectivity index is 1.31. The van der Waals surface area contributed by atoms with Gasteiger partial charge in [-0.25, -0.2) is 0 Å². The highest BCUT2D eigenvalue weighted by Gasteiger charge is 2.50. The van der Waals surface area contributed by atoms with Gasteiger partial charge in [0.25, 0.3) is 5.91 Å². The molecule has 4 aliphatic carbocycles. The molecule has 6 nitrogen and oxygen atoms in total. The first-order valence-electron chi connectivity index (χ1n) is 8.65. The van der Waals surface area contributed by atoms with Crippen molar-refractivity contribution in [3.05, 3.63) is 23.9 Å². The average Bonchev–Trinajstić information content (AvgIpc) is 2.99. The number of hydrogen-bond donors (Lipinski definition) is 1. The van der Waals surface area contributed by atoms with E-state index in [0.29, 0.717) is 16.6 Å². The largest absolute Gasteiger partial charge is 0.351 e. The van der Waals surface area contributed by atoms with Crippen LogP contribution in [0.2, 0.25) is 0 Å². The van der Waals surface area contributed by atoms with E-state index < -0.39 is 0 Å². The van der Waals surface area contributed by atoms with Gasteiger partial charge in [0.2, 0.25) is 0 Å². The third-order valence-electron chi connectivity index (χ3n) is 6.24. The number of hydrogen-bond acceptors (Lipinski definition) is 4. The lowest BCUT2D eigenvalue weighted by Crippen LogP contribution is -2.51. The first-order valence-corrected chi connectivity index (χ1v) is 8.65. The molecule has 4 bridgehead atoms. The maximum Gasteiger partial charge on any atom is 0.252 e. The number of nitrogens with zero attached hydrogens (tertiary/aromatic N) is 4. The van der Waals surface area contributed by atoms with E-state index in [2.05, 4.69) is 20.8 Å². The fourth-order valence-corrected chi connectivity index (χ4v) is 5.75. The van der Waals surface area contributed by atoms with Crippen molar-refractivity contribution in [2.45, 2.75) is 38.5 Å². The fraction of sp³-hybridized carbons (Fsp3) is 0.647. The molecule has 1 N–H and O–H groups in total. The number of carbonyl (C=O) groups excluding carboxylic acids is 1. The van der Waals surface area contributed by atoms with Crippen LogP contribution in [0.3, 0.4) is 0 Å². The van der Waals surface area contributed by atoms with Crippen LogP contribution < -0.4 is 5.32 Å². The summed E-state index contributed by atoms with van der Waals surface area (Å²) < 4.78 is 1.54. The van der Waals surface area contributed by atoms with Crippen molar-refractivity contribution in [2.24, 2.45) is 23.2 Å². The molecule has 0 aliphatic heterocycles. The summed E-state index contributed by atoms with van der Waals surface area (Å²) in [6.45, 7) is 0.822. The van der Waals surface area contributed by atoms with Crippen LogP contribution in [0.15, 0.2) is 18.3 Å². The van der Waals surface area contributed by atoms with Gasteiger partial charge in [0.15, 0.2) is 5.65 Å². The van der Waals surface area contributed by atoms with Gasteiger partial charge in [-0.05, 0) is 84.3 Å². The van der Waals surface area contributed by atoms with E-state index in [9.17, 15) is 4.79 Å². The number of nitrogens with one attached hydrogen (secondary N) is 1. The minimum Gasteiger partial charge on any atom is -0.351 e. The van der Waals surface area contributed by atoms with Crippen LogP contribution in [0.5, 0.6) is 0 Å². The van der Waals surface area contributed by atoms with Crippen molar-refractivity contribution in [1.82, 2.24) is 25.4 Å². The average molecular weight is 311 g/mol. The molecule has 6 heteroatoms. The summed E-state index contributed by atoms with van der Waals surface area (Å²) in [5.41, 5.74) is 1.64. The summed E-state index contributed by atoms with van der Waals surface area (Å²) in [7, 11) is 0. The summed E-state index contributed by atoms with van der Waals surface area (Å²) in [4.78, 5) is 12.5. The number of carbonyl (C=O) groups is 1. The van der Waals surface area contributed by atoms with Crippen molar-refractivity contribution in [3.8, 4) is 0 Å². The molecule has 4 fully saturated rings. The van der Waals surface area contributed by atoms with Crippen molar-refractivity contribution >= 4 is 11.6 Å². The fourth-order valence-electron chi connectivity index (χ4n) is 5.75. The molecule has 0 saturated heterocycles. The molecule has 2 aromatic heterocycles. The van der Waals surface area contributed by atoms with Crippen LogP contribution in [0.25, 0.3) is 5.65 Å². The van der Waals surface area contributed by atoms with Gasteiger partial charge in [-0.2, -0.15) is 4.52 Å². The molecule has 0 unspecified atom stereocenters. The molecule has 0 spiro atoms. The highest BCUT2D eigenvalue weighted by atomic mass is 16.1. The molecule has 23 heavy (non-hydrogen) atoms. The third-order valence-corrected chi connectivity index (χ3v) is 6.24. The van der Waals surface area contributed by atoms with Gasteiger partial charge in [-0.3, -0.25) is 4.79 Å². The Bertz CT molecular complexity index is 732. The second-order valence-electron chi connectivity index (χ2n) is 8.00. The lowest BCUT2D eigenvalue weighted by molar-refractivity contribution is -0.0503. The zero-order valence-corrected chi connectivity index (χ0v) is 13.1. The summed E-state index contributed by atoms with van der Waals surface area (Å²) in [6.07, 6.45) is 9.93. The third kappa shape index (κ3) is 2.23. The number of pyridine rings is 1. The van der Waals surface area contributed by atoms with Gasteiger partial charge in [0.1, 0.15) is 0 Å². The van der Waals surface area contributed by atoms with Crippen molar-refractivity contribution in [2.75, 3.05) is 6.54 Å². The standard InChI is InChI=1S/C17H21N5O/c23-16(14-1-2-15-19-20-21-22(15)9-14)18-10-17-6-11-3-12(7-17)5-13(4-11)8-17/h1-2,9,11-13H,3-8,10H2,(H,18,23). The van der Waals surface area contributed by atoms with Crippen LogP contribution in [-0.4, -0.2) is 32.5 Å². The molecule has 4 aliphatic rings. The minimum absolute atomic E-state index is 0.0156. The molecule has 0 aromatic carbocycles. The Hall–Kier alpha value is -1.98. The number of amides is 1. The molecule has 2 aromatic rings. The highest BCUT2D eigenvalue weighted by Crippen LogP contribution is 2.59. The Kier molecular flexibility index (Phi) is 2.78. The monoisotopic (exact) mass is 311 g/mol.